The highest BCUT2D eigenvalue weighted by molar-refractivity contribution is 5.25. The van der Waals surface area contributed by atoms with Gasteiger partial charge in [0.1, 0.15) is 0 Å². The molecule has 0 fully saturated rings. The Kier molecular flexibility index (Phi) is 7.79. The second kappa shape index (κ2) is 9.08. The van der Waals surface area contributed by atoms with Gasteiger partial charge in [0.25, 0.3) is 0 Å². The number of rotatable bonds is 9. The molecule has 1 aromatic rings. The maximum Gasteiger partial charge on any atom is 0.416 e. The van der Waals surface area contributed by atoms with E-state index >= 15 is 0 Å². The van der Waals surface area contributed by atoms with Crippen molar-refractivity contribution in [1.29, 1.82) is 0 Å². The lowest BCUT2D eigenvalue weighted by molar-refractivity contribution is -0.137. The van der Waals surface area contributed by atoms with Gasteiger partial charge in [-0.1, -0.05) is 64.0 Å². The Bertz CT molecular complexity index is 384. The first-order valence-electron chi connectivity index (χ1n) is 7.80. The van der Waals surface area contributed by atoms with E-state index in [9.17, 15) is 18.3 Å². The first kappa shape index (κ1) is 18.0. The van der Waals surface area contributed by atoms with Crippen molar-refractivity contribution in [1.82, 2.24) is 0 Å². The van der Waals surface area contributed by atoms with Crippen LogP contribution in [0.25, 0.3) is 0 Å². The smallest absolute Gasteiger partial charge is 0.388 e. The largest absolute Gasteiger partial charge is 0.416 e. The van der Waals surface area contributed by atoms with E-state index in [0.717, 1.165) is 25.0 Å². The maximum absolute atomic E-state index is 12.4. The molecule has 0 saturated heterocycles. The number of benzene rings is 1. The summed E-state index contributed by atoms with van der Waals surface area (Å²) in [5, 5.41) is 9.97. The fourth-order valence-corrected chi connectivity index (χ4v) is 2.36. The van der Waals surface area contributed by atoms with Gasteiger partial charge in [0, 0.05) is 0 Å². The molecular formula is C17H25F3O. The number of aliphatic hydroxyl groups excluding tert-OH is 1. The Morgan fingerprint density at radius 2 is 1.43 bits per heavy atom. The van der Waals surface area contributed by atoms with Gasteiger partial charge in [-0.2, -0.15) is 13.2 Å². The fraction of sp³-hybridized carbons (Fsp3) is 0.647. The van der Waals surface area contributed by atoms with Crippen LogP contribution in [0.15, 0.2) is 24.3 Å². The highest BCUT2D eigenvalue weighted by atomic mass is 19.4. The molecule has 0 aliphatic heterocycles. The van der Waals surface area contributed by atoms with Gasteiger partial charge in [0.2, 0.25) is 0 Å². The first-order chi connectivity index (χ1) is 9.95. The summed E-state index contributed by atoms with van der Waals surface area (Å²) >= 11 is 0. The van der Waals surface area contributed by atoms with E-state index in [4.69, 9.17) is 0 Å². The van der Waals surface area contributed by atoms with Gasteiger partial charge in [-0.25, -0.2) is 0 Å². The van der Waals surface area contributed by atoms with Crippen LogP contribution in [0.2, 0.25) is 0 Å². The summed E-state index contributed by atoms with van der Waals surface area (Å²) in [6, 6.07) is 4.80. The maximum atomic E-state index is 12.4. The van der Waals surface area contributed by atoms with E-state index in [0.29, 0.717) is 12.0 Å². The molecule has 0 aliphatic rings. The van der Waals surface area contributed by atoms with E-state index in [-0.39, 0.29) is 0 Å². The standard InChI is InChI=1S/C17H25F3O/c1-2-3-4-5-6-7-8-9-16(21)14-10-12-15(13-11-14)17(18,19)20/h10-13,16,21H,2-9H2,1H3/t16-/m1/s1. The normalized spacial score (nSPS) is 13.4. The van der Waals surface area contributed by atoms with Crippen LogP contribution in [-0.4, -0.2) is 5.11 Å². The minimum Gasteiger partial charge on any atom is -0.388 e. The number of hydrogen-bond acceptors (Lipinski definition) is 1. The van der Waals surface area contributed by atoms with Gasteiger partial charge in [0.05, 0.1) is 11.7 Å². The van der Waals surface area contributed by atoms with Crippen LogP contribution in [0.3, 0.4) is 0 Å². The van der Waals surface area contributed by atoms with Crippen LogP contribution >= 0.6 is 0 Å². The predicted octanol–water partition coefficient (Wildman–Crippen LogP) is 5.88. The van der Waals surface area contributed by atoms with E-state index in [1.165, 1.54) is 44.2 Å². The lowest BCUT2D eigenvalue weighted by atomic mass is 10.0. The molecule has 0 radical (unpaired) electrons. The molecule has 0 aliphatic carbocycles. The lowest BCUT2D eigenvalue weighted by Gasteiger charge is -2.12. The van der Waals surface area contributed by atoms with Gasteiger partial charge in [-0.05, 0) is 24.1 Å². The van der Waals surface area contributed by atoms with Gasteiger partial charge >= 0.3 is 6.18 Å². The van der Waals surface area contributed by atoms with Crippen molar-refractivity contribution in [3.05, 3.63) is 35.4 Å². The SMILES string of the molecule is CCCCCCCCC[C@@H](O)c1ccc(C(F)(F)F)cc1. The molecule has 1 rings (SSSR count). The summed E-state index contributed by atoms with van der Waals surface area (Å²) in [5.74, 6) is 0. The minimum atomic E-state index is -4.32. The Morgan fingerprint density at radius 3 is 1.95 bits per heavy atom. The number of aliphatic hydroxyl groups is 1. The zero-order chi connectivity index (χ0) is 15.7. The molecule has 0 saturated carbocycles. The summed E-state index contributed by atoms with van der Waals surface area (Å²) < 4.78 is 37.3. The third-order valence-electron chi connectivity index (χ3n) is 3.70. The van der Waals surface area contributed by atoms with Crippen LogP contribution in [0.4, 0.5) is 13.2 Å². The topological polar surface area (TPSA) is 20.2 Å². The van der Waals surface area contributed by atoms with E-state index in [1.54, 1.807) is 0 Å². The molecule has 0 bridgehead atoms. The highest BCUT2D eigenvalue weighted by Crippen LogP contribution is 2.30. The Balaban J connectivity index is 2.27. The summed E-state index contributed by atoms with van der Waals surface area (Å²) in [6.07, 6.45) is 3.77. The summed E-state index contributed by atoms with van der Waals surface area (Å²) in [4.78, 5) is 0. The van der Waals surface area contributed by atoms with Crippen LogP contribution in [0, 0.1) is 0 Å². The van der Waals surface area contributed by atoms with Gasteiger partial charge in [-0.3, -0.25) is 0 Å². The zero-order valence-electron chi connectivity index (χ0n) is 12.6. The molecule has 4 heteroatoms. The summed E-state index contributed by atoms with van der Waals surface area (Å²) in [5.41, 5.74) is -0.108. The van der Waals surface area contributed by atoms with Crippen LogP contribution in [0.1, 0.15) is 75.5 Å². The third kappa shape index (κ3) is 6.98. The number of hydrogen-bond donors (Lipinski definition) is 1. The highest BCUT2D eigenvalue weighted by Gasteiger charge is 2.30. The molecule has 1 aromatic carbocycles. The molecule has 120 valence electrons. The van der Waals surface area contributed by atoms with E-state index < -0.39 is 17.8 Å². The van der Waals surface area contributed by atoms with Crippen LogP contribution in [-0.2, 0) is 6.18 Å². The van der Waals surface area contributed by atoms with Gasteiger partial charge in [-0.15, -0.1) is 0 Å². The molecule has 1 atom stereocenters. The molecule has 0 aromatic heterocycles. The molecule has 0 unspecified atom stereocenters. The van der Waals surface area contributed by atoms with Crippen molar-refractivity contribution in [3.8, 4) is 0 Å². The number of alkyl halides is 3. The van der Waals surface area contributed by atoms with Crippen molar-refractivity contribution in [2.45, 2.75) is 70.6 Å². The van der Waals surface area contributed by atoms with Gasteiger partial charge in [0.15, 0.2) is 0 Å². The molecule has 1 N–H and O–H groups in total. The molecular weight excluding hydrogens is 277 g/mol. The van der Waals surface area contributed by atoms with Crippen molar-refractivity contribution >= 4 is 0 Å². The zero-order valence-corrected chi connectivity index (χ0v) is 12.6. The number of halogens is 3. The molecule has 1 nitrogen and oxygen atoms in total. The predicted molar refractivity (Wildman–Crippen MR) is 79.0 cm³/mol. The van der Waals surface area contributed by atoms with Crippen molar-refractivity contribution < 1.29 is 18.3 Å². The lowest BCUT2D eigenvalue weighted by Crippen LogP contribution is -2.05. The van der Waals surface area contributed by atoms with Gasteiger partial charge < -0.3 is 5.11 Å². The second-order valence-electron chi connectivity index (χ2n) is 5.55. The summed E-state index contributed by atoms with van der Waals surface area (Å²) in [6.45, 7) is 2.18. The van der Waals surface area contributed by atoms with Crippen LogP contribution in [0.5, 0.6) is 0 Å². The average molecular weight is 302 g/mol. The van der Waals surface area contributed by atoms with Crippen molar-refractivity contribution in [2.24, 2.45) is 0 Å². The Hall–Kier alpha value is -1.03. The third-order valence-corrected chi connectivity index (χ3v) is 3.70. The fourth-order valence-electron chi connectivity index (χ4n) is 2.36. The molecule has 0 heterocycles. The second-order valence-corrected chi connectivity index (χ2v) is 5.55. The van der Waals surface area contributed by atoms with Crippen LogP contribution < -0.4 is 0 Å². The average Bonchev–Trinajstić information content (AvgIpc) is 2.45. The first-order valence-corrected chi connectivity index (χ1v) is 7.80. The molecule has 21 heavy (non-hydrogen) atoms. The van der Waals surface area contributed by atoms with Crippen molar-refractivity contribution in [3.63, 3.8) is 0 Å². The molecule has 0 spiro atoms. The summed E-state index contributed by atoms with van der Waals surface area (Å²) in [7, 11) is 0. The monoisotopic (exact) mass is 302 g/mol. The number of unbranched alkanes of at least 4 members (excludes halogenated alkanes) is 6. The minimum absolute atomic E-state index is 0.564. The Labute approximate surface area is 125 Å². The van der Waals surface area contributed by atoms with E-state index in [2.05, 4.69) is 6.92 Å². The van der Waals surface area contributed by atoms with Crippen molar-refractivity contribution in [2.75, 3.05) is 0 Å². The Morgan fingerprint density at radius 1 is 0.905 bits per heavy atom. The quantitative estimate of drug-likeness (QED) is 0.565. The van der Waals surface area contributed by atoms with E-state index in [1.807, 2.05) is 0 Å². The molecule has 0 amide bonds.